The Balaban J connectivity index is 2.62. The van der Waals surface area contributed by atoms with Gasteiger partial charge in [-0.15, -0.1) is 0 Å². The van der Waals surface area contributed by atoms with E-state index in [1.54, 1.807) is 6.07 Å². The number of rotatable bonds is 2. The lowest BCUT2D eigenvalue weighted by Gasteiger charge is -2.40. The summed E-state index contributed by atoms with van der Waals surface area (Å²) < 4.78 is 25.0. The molecule has 1 aliphatic heterocycles. The number of fused-ring (bicyclic) bond motifs is 1. The number of carboxylic acid groups (broad SMARTS) is 1. The average molecular weight is 284 g/mol. The van der Waals surface area contributed by atoms with Gasteiger partial charge in [-0.1, -0.05) is 0 Å². The van der Waals surface area contributed by atoms with Gasteiger partial charge in [0, 0.05) is 0 Å². The van der Waals surface area contributed by atoms with E-state index in [1.807, 2.05) is 13.8 Å². The molecule has 2 N–H and O–H groups in total. The van der Waals surface area contributed by atoms with Crippen LogP contribution in [0.5, 0.6) is 0 Å². The van der Waals surface area contributed by atoms with Crippen molar-refractivity contribution < 1.29 is 18.3 Å². The van der Waals surface area contributed by atoms with Gasteiger partial charge in [0.25, 0.3) is 0 Å². The molecule has 0 fully saturated rings. The van der Waals surface area contributed by atoms with Crippen LogP contribution in [0.1, 0.15) is 24.2 Å². The third-order valence-electron chi connectivity index (χ3n) is 2.93. The summed E-state index contributed by atoms with van der Waals surface area (Å²) in [5, 5.41) is 12.2. The normalized spacial score (nSPS) is 17.5. The number of hydrogen-bond donors (Lipinski definition) is 2. The maximum absolute atomic E-state index is 11.9. The first-order valence-corrected chi connectivity index (χ1v) is 7.58. The van der Waals surface area contributed by atoms with Gasteiger partial charge in [0.05, 0.1) is 35.3 Å². The zero-order valence-electron chi connectivity index (χ0n) is 11.0. The standard InChI is InChI=1S/C12H16N2O4S/c1-12(2)7-14(19(3,17)18)10-6-8(11(15)16)4-5-9(10)13-12/h4-6,13H,7H2,1-3H3,(H,15,16). The van der Waals surface area contributed by atoms with Crippen LogP contribution in [0, 0.1) is 0 Å². The van der Waals surface area contributed by atoms with Gasteiger partial charge in [0.1, 0.15) is 0 Å². The molecule has 7 heteroatoms. The van der Waals surface area contributed by atoms with Crippen molar-refractivity contribution in [2.45, 2.75) is 19.4 Å². The van der Waals surface area contributed by atoms with E-state index in [2.05, 4.69) is 5.32 Å². The van der Waals surface area contributed by atoms with Crippen LogP contribution in [0.25, 0.3) is 0 Å². The van der Waals surface area contributed by atoms with E-state index in [9.17, 15) is 13.2 Å². The highest BCUT2D eigenvalue weighted by atomic mass is 32.2. The van der Waals surface area contributed by atoms with E-state index in [0.717, 1.165) is 6.26 Å². The van der Waals surface area contributed by atoms with Crippen LogP contribution in [-0.4, -0.2) is 37.8 Å². The van der Waals surface area contributed by atoms with Crippen molar-refractivity contribution in [2.75, 3.05) is 22.4 Å². The highest BCUT2D eigenvalue weighted by molar-refractivity contribution is 7.92. The molecule has 0 radical (unpaired) electrons. The maximum Gasteiger partial charge on any atom is 0.335 e. The molecule has 1 aromatic rings. The molecule has 104 valence electrons. The summed E-state index contributed by atoms with van der Waals surface area (Å²) in [7, 11) is -3.45. The fourth-order valence-corrected chi connectivity index (χ4v) is 3.19. The molecule has 2 rings (SSSR count). The topological polar surface area (TPSA) is 86.7 Å². The summed E-state index contributed by atoms with van der Waals surface area (Å²) >= 11 is 0. The van der Waals surface area contributed by atoms with Crippen LogP contribution in [0.4, 0.5) is 11.4 Å². The molecule has 1 aliphatic rings. The van der Waals surface area contributed by atoms with Gasteiger partial charge < -0.3 is 10.4 Å². The molecule has 0 atom stereocenters. The average Bonchev–Trinajstić information content (AvgIpc) is 2.24. The van der Waals surface area contributed by atoms with E-state index in [-0.39, 0.29) is 12.1 Å². The van der Waals surface area contributed by atoms with Crippen LogP contribution >= 0.6 is 0 Å². The molecule has 1 aromatic carbocycles. The number of carboxylic acids is 1. The first kappa shape index (κ1) is 13.7. The quantitative estimate of drug-likeness (QED) is 0.856. The minimum atomic E-state index is -3.45. The van der Waals surface area contributed by atoms with Gasteiger partial charge in [-0.2, -0.15) is 0 Å². The third kappa shape index (κ3) is 2.65. The van der Waals surface area contributed by atoms with Crippen LogP contribution in [0.15, 0.2) is 18.2 Å². The molecule has 19 heavy (non-hydrogen) atoms. The third-order valence-corrected chi connectivity index (χ3v) is 4.05. The molecule has 0 spiro atoms. The van der Waals surface area contributed by atoms with Crippen molar-refractivity contribution in [2.24, 2.45) is 0 Å². The van der Waals surface area contributed by atoms with Crippen LogP contribution < -0.4 is 9.62 Å². The van der Waals surface area contributed by atoms with E-state index < -0.39 is 21.5 Å². The molecule has 0 aromatic heterocycles. The van der Waals surface area contributed by atoms with Crippen molar-refractivity contribution in [1.82, 2.24) is 0 Å². The maximum atomic E-state index is 11.9. The number of nitrogens with one attached hydrogen (secondary N) is 1. The zero-order chi connectivity index (χ0) is 14.4. The van der Waals surface area contributed by atoms with Crippen molar-refractivity contribution in [3.8, 4) is 0 Å². The number of anilines is 2. The summed E-state index contributed by atoms with van der Waals surface area (Å²) in [5.74, 6) is -1.08. The van der Waals surface area contributed by atoms with Crippen molar-refractivity contribution in [3.05, 3.63) is 23.8 Å². The van der Waals surface area contributed by atoms with Gasteiger partial charge in [0.2, 0.25) is 10.0 Å². The molecule has 6 nitrogen and oxygen atoms in total. The highest BCUT2D eigenvalue weighted by Gasteiger charge is 2.34. The number of aromatic carboxylic acids is 1. The zero-order valence-corrected chi connectivity index (χ0v) is 11.8. The number of sulfonamides is 1. The van der Waals surface area contributed by atoms with Gasteiger partial charge in [-0.25, -0.2) is 13.2 Å². The van der Waals surface area contributed by atoms with Crippen LogP contribution in [0.3, 0.4) is 0 Å². The molecule has 1 heterocycles. The van der Waals surface area contributed by atoms with Crippen LogP contribution in [0.2, 0.25) is 0 Å². The van der Waals surface area contributed by atoms with Crippen LogP contribution in [-0.2, 0) is 10.0 Å². The monoisotopic (exact) mass is 284 g/mol. The van der Waals surface area contributed by atoms with Crippen molar-refractivity contribution in [3.63, 3.8) is 0 Å². The summed E-state index contributed by atoms with van der Waals surface area (Å²) in [4.78, 5) is 11.0. The first-order valence-electron chi connectivity index (χ1n) is 5.73. The van der Waals surface area contributed by atoms with E-state index in [1.165, 1.54) is 16.4 Å². The van der Waals surface area contributed by atoms with Crippen molar-refractivity contribution >= 4 is 27.4 Å². The Labute approximate surface area is 112 Å². The minimum absolute atomic E-state index is 0.0638. The largest absolute Gasteiger partial charge is 0.478 e. The number of nitrogens with zero attached hydrogens (tertiary/aromatic N) is 1. The second-order valence-electron chi connectivity index (χ2n) is 5.32. The van der Waals surface area contributed by atoms with E-state index >= 15 is 0 Å². The number of hydrogen-bond acceptors (Lipinski definition) is 4. The molecule has 0 amide bonds. The summed E-state index contributed by atoms with van der Waals surface area (Å²) in [6.45, 7) is 4.03. The predicted octanol–water partition coefficient (Wildman–Crippen LogP) is 1.35. The Morgan fingerprint density at radius 3 is 2.58 bits per heavy atom. The Morgan fingerprint density at radius 2 is 2.05 bits per heavy atom. The molecule has 0 aliphatic carbocycles. The number of benzene rings is 1. The Hall–Kier alpha value is -1.76. The number of carbonyl (C=O) groups is 1. The fourth-order valence-electron chi connectivity index (χ4n) is 2.12. The van der Waals surface area contributed by atoms with Gasteiger partial charge in [-0.3, -0.25) is 4.31 Å². The molecule has 0 saturated heterocycles. The van der Waals surface area contributed by atoms with Crippen molar-refractivity contribution in [1.29, 1.82) is 0 Å². The predicted molar refractivity (Wildman–Crippen MR) is 73.3 cm³/mol. The van der Waals surface area contributed by atoms with E-state index in [0.29, 0.717) is 11.4 Å². The second-order valence-corrected chi connectivity index (χ2v) is 7.22. The van der Waals surface area contributed by atoms with Gasteiger partial charge in [0.15, 0.2) is 0 Å². The molecule has 0 bridgehead atoms. The summed E-state index contributed by atoms with van der Waals surface area (Å²) in [5.41, 5.74) is 0.642. The SMILES string of the molecule is CC1(C)CN(S(C)(=O)=O)c2cc(C(=O)O)ccc2N1. The highest BCUT2D eigenvalue weighted by Crippen LogP contribution is 2.36. The van der Waals surface area contributed by atoms with E-state index in [4.69, 9.17) is 5.11 Å². The Kier molecular flexibility index (Phi) is 2.97. The van der Waals surface area contributed by atoms with Gasteiger partial charge in [-0.05, 0) is 32.0 Å². The lowest BCUT2D eigenvalue weighted by molar-refractivity contribution is 0.0697. The first-order chi connectivity index (χ1) is 8.60. The van der Waals surface area contributed by atoms with Gasteiger partial charge >= 0.3 is 5.97 Å². The lowest BCUT2D eigenvalue weighted by atomic mass is 10.0. The lowest BCUT2D eigenvalue weighted by Crippen LogP contribution is -2.50. The molecule has 0 saturated carbocycles. The fraction of sp³-hybridized carbons (Fsp3) is 0.417. The summed E-state index contributed by atoms with van der Waals surface area (Å²) in [6.07, 6.45) is 1.12. The molecular formula is C12H16N2O4S. The minimum Gasteiger partial charge on any atom is -0.478 e. The summed E-state index contributed by atoms with van der Waals surface area (Å²) in [6, 6.07) is 4.43. The second kappa shape index (κ2) is 4.12. The molecular weight excluding hydrogens is 268 g/mol. The Morgan fingerprint density at radius 1 is 1.42 bits per heavy atom. The Bertz CT molecular complexity index is 637. The molecule has 0 unspecified atom stereocenters. The smallest absolute Gasteiger partial charge is 0.335 e.